The Hall–Kier alpha value is -0.770. The molecular formula is C15H15BrOS. The van der Waals surface area contributed by atoms with E-state index >= 15 is 0 Å². The van der Waals surface area contributed by atoms with E-state index in [2.05, 4.69) is 48.0 Å². The Balaban J connectivity index is 2.31. The van der Waals surface area contributed by atoms with Crippen LogP contribution in [0.2, 0.25) is 0 Å². The van der Waals surface area contributed by atoms with Crippen LogP contribution in [-0.4, -0.2) is 5.11 Å². The summed E-state index contributed by atoms with van der Waals surface area (Å²) in [5.41, 5.74) is 3.47. The number of rotatable bonds is 3. The first-order chi connectivity index (χ1) is 8.60. The van der Waals surface area contributed by atoms with Gasteiger partial charge in [0.15, 0.2) is 0 Å². The summed E-state index contributed by atoms with van der Waals surface area (Å²) < 4.78 is 1.03. The second kappa shape index (κ2) is 5.91. The van der Waals surface area contributed by atoms with Crippen molar-refractivity contribution in [2.45, 2.75) is 30.2 Å². The molecule has 94 valence electrons. The normalized spacial score (nSPS) is 10.7. The van der Waals surface area contributed by atoms with Gasteiger partial charge >= 0.3 is 0 Å². The van der Waals surface area contributed by atoms with E-state index in [1.54, 1.807) is 11.8 Å². The molecule has 0 saturated heterocycles. The van der Waals surface area contributed by atoms with Gasteiger partial charge in [-0.2, -0.15) is 0 Å². The molecule has 2 aromatic carbocycles. The highest BCUT2D eigenvalue weighted by Gasteiger charge is 2.06. The fraction of sp³-hybridized carbons (Fsp3) is 0.200. The average molecular weight is 323 g/mol. The standard InChI is InChI=1S/C15H15BrOS/c1-10-3-4-11(2)15(7-10)18-14-6-5-12(9-17)8-13(14)16/h3-8,17H,9H2,1-2H3. The Kier molecular flexibility index (Phi) is 4.49. The number of benzene rings is 2. The molecule has 0 heterocycles. The van der Waals surface area contributed by atoms with Gasteiger partial charge in [0, 0.05) is 14.3 Å². The van der Waals surface area contributed by atoms with Crippen molar-refractivity contribution in [2.75, 3.05) is 0 Å². The monoisotopic (exact) mass is 322 g/mol. The molecule has 2 rings (SSSR count). The zero-order chi connectivity index (χ0) is 13.1. The first-order valence-electron chi connectivity index (χ1n) is 5.74. The van der Waals surface area contributed by atoms with Crippen molar-refractivity contribution in [3.63, 3.8) is 0 Å². The number of aliphatic hydroxyl groups excluding tert-OH is 1. The van der Waals surface area contributed by atoms with Crippen LogP contribution in [0.15, 0.2) is 50.7 Å². The van der Waals surface area contributed by atoms with E-state index in [-0.39, 0.29) is 6.61 Å². The van der Waals surface area contributed by atoms with E-state index < -0.39 is 0 Å². The minimum Gasteiger partial charge on any atom is -0.392 e. The van der Waals surface area contributed by atoms with E-state index in [1.165, 1.54) is 20.9 Å². The summed E-state index contributed by atoms with van der Waals surface area (Å²) in [5.74, 6) is 0. The van der Waals surface area contributed by atoms with E-state index in [4.69, 9.17) is 5.11 Å². The topological polar surface area (TPSA) is 20.2 Å². The molecule has 1 N–H and O–H groups in total. The number of hydrogen-bond acceptors (Lipinski definition) is 2. The van der Waals surface area contributed by atoms with Crippen LogP contribution >= 0.6 is 27.7 Å². The van der Waals surface area contributed by atoms with Gasteiger partial charge in [0.05, 0.1) is 6.61 Å². The lowest BCUT2D eigenvalue weighted by Gasteiger charge is -2.09. The number of aryl methyl sites for hydroxylation is 2. The lowest BCUT2D eigenvalue weighted by atomic mass is 10.2. The van der Waals surface area contributed by atoms with Crippen molar-refractivity contribution in [3.8, 4) is 0 Å². The molecule has 0 atom stereocenters. The van der Waals surface area contributed by atoms with Crippen molar-refractivity contribution in [1.29, 1.82) is 0 Å². The molecule has 0 radical (unpaired) electrons. The first kappa shape index (κ1) is 13.7. The molecule has 0 aromatic heterocycles. The van der Waals surface area contributed by atoms with Gasteiger partial charge in [0.2, 0.25) is 0 Å². The van der Waals surface area contributed by atoms with Crippen LogP contribution in [-0.2, 0) is 6.61 Å². The van der Waals surface area contributed by atoms with Gasteiger partial charge in [-0.1, -0.05) is 30.0 Å². The van der Waals surface area contributed by atoms with Crippen molar-refractivity contribution >= 4 is 27.7 Å². The Bertz CT molecular complexity index is 566. The minimum absolute atomic E-state index is 0.0764. The highest BCUT2D eigenvalue weighted by Crippen LogP contribution is 2.36. The molecule has 0 aliphatic rings. The summed E-state index contributed by atoms with van der Waals surface area (Å²) >= 11 is 5.30. The zero-order valence-corrected chi connectivity index (χ0v) is 12.8. The first-order valence-corrected chi connectivity index (χ1v) is 7.35. The predicted molar refractivity (Wildman–Crippen MR) is 80.1 cm³/mol. The SMILES string of the molecule is Cc1ccc(C)c(Sc2ccc(CO)cc2Br)c1. The summed E-state index contributed by atoms with van der Waals surface area (Å²) in [7, 11) is 0. The third kappa shape index (κ3) is 3.16. The second-order valence-corrected chi connectivity index (χ2v) is 6.23. The molecule has 0 aliphatic carbocycles. The van der Waals surface area contributed by atoms with Crippen molar-refractivity contribution in [2.24, 2.45) is 0 Å². The molecule has 1 nitrogen and oxygen atoms in total. The highest BCUT2D eigenvalue weighted by atomic mass is 79.9. The third-order valence-corrected chi connectivity index (χ3v) is 4.90. The van der Waals surface area contributed by atoms with Crippen LogP contribution in [0.3, 0.4) is 0 Å². The molecule has 3 heteroatoms. The van der Waals surface area contributed by atoms with Crippen molar-refractivity contribution in [3.05, 3.63) is 57.6 Å². The lowest BCUT2D eigenvalue weighted by Crippen LogP contribution is -1.86. The lowest BCUT2D eigenvalue weighted by molar-refractivity contribution is 0.281. The van der Waals surface area contributed by atoms with Crippen LogP contribution in [0.4, 0.5) is 0 Å². The molecule has 0 amide bonds. The van der Waals surface area contributed by atoms with E-state index in [9.17, 15) is 0 Å². The van der Waals surface area contributed by atoms with Gasteiger partial charge in [0.25, 0.3) is 0 Å². The maximum absolute atomic E-state index is 9.10. The zero-order valence-electron chi connectivity index (χ0n) is 10.4. The molecule has 0 aliphatic heterocycles. The molecule has 0 saturated carbocycles. The van der Waals surface area contributed by atoms with E-state index in [0.29, 0.717) is 0 Å². The molecule has 0 spiro atoms. The summed E-state index contributed by atoms with van der Waals surface area (Å²) in [4.78, 5) is 2.44. The number of hydrogen-bond donors (Lipinski definition) is 1. The van der Waals surface area contributed by atoms with Gasteiger partial charge in [-0.3, -0.25) is 0 Å². The molecule has 0 fully saturated rings. The Labute approximate surface area is 120 Å². The molecule has 0 unspecified atom stereocenters. The van der Waals surface area contributed by atoms with Crippen molar-refractivity contribution in [1.82, 2.24) is 0 Å². The summed E-state index contributed by atoms with van der Waals surface area (Å²) in [6.45, 7) is 4.30. The summed E-state index contributed by atoms with van der Waals surface area (Å²) in [5, 5.41) is 9.10. The Morgan fingerprint density at radius 3 is 2.50 bits per heavy atom. The summed E-state index contributed by atoms with van der Waals surface area (Å²) in [6, 6.07) is 12.4. The van der Waals surface area contributed by atoms with Crippen LogP contribution < -0.4 is 0 Å². The van der Waals surface area contributed by atoms with Crippen LogP contribution in [0.25, 0.3) is 0 Å². The predicted octanol–water partition coefficient (Wildman–Crippen LogP) is 4.71. The molecular weight excluding hydrogens is 308 g/mol. The van der Waals surface area contributed by atoms with Gasteiger partial charge in [0.1, 0.15) is 0 Å². The van der Waals surface area contributed by atoms with Gasteiger partial charge in [-0.25, -0.2) is 0 Å². The number of aliphatic hydroxyl groups is 1. The van der Waals surface area contributed by atoms with Crippen molar-refractivity contribution < 1.29 is 5.11 Å². The Morgan fingerprint density at radius 1 is 1.06 bits per heavy atom. The average Bonchev–Trinajstić information content (AvgIpc) is 2.36. The molecule has 18 heavy (non-hydrogen) atoms. The van der Waals surface area contributed by atoms with Crippen LogP contribution in [0, 0.1) is 13.8 Å². The van der Waals surface area contributed by atoms with Gasteiger partial charge in [-0.05, 0) is 64.7 Å². The molecule has 2 aromatic rings. The smallest absolute Gasteiger partial charge is 0.0682 e. The Morgan fingerprint density at radius 2 is 1.83 bits per heavy atom. The largest absolute Gasteiger partial charge is 0.392 e. The fourth-order valence-electron chi connectivity index (χ4n) is 1.66. The van der Waals surface area contributed by atoms with Crippen LogP contribution in [0.1, 0.15) is 16.7 Å². The summed E-state index contributed by atoms with van der Waals surface area (Å²) in [6.07, 6.45) is 0. The quantitative estimate of drug-likeness (QED) is 0.883. The van der Waals surface area contributed by atoms with Gasteiger partial charge in [-0.15, -0.1) is 0 Å². The minimum atomic E-state index is 0.0764. The highest BCUT2D eigenvalue weighted by molar-refractivity contribution is 9.10. The van der Waals surface area contributed by atoms with E-state index in [0.717, 1.165) is 10.0 Å². The maximum Gasteiger partial charge on any atom is 0.0682 e. The maximum atomic E-state index is 9.10. The fourth-order valence-corrected chi connectivity index (χ4v) is 3.33. The molecule has 0 bridgehead atoms. The van der Waals surface area contributed by atoms with E-state index in [1.807, 2.05) is 18.2 Å². The third-order valence-electron chi connectivity index (χ3n) is 2.74. The van der Waals surface area contributed by atoms with Crippen LogP contribution in [0.5, 0.6) is 0 Å². The number of halogens is 1. The van der Waals surface area contributed by atoms with Gasteiger partial charge < -0.3 is 5.11 Å². The second-order valence-electron chi connectivity index (χ2n) is 4.29.